The number of hydrogen-bond donors (Lipinski definition) is 2. The molecule has 0 bridgehead atoms. The Hall–Kier alpha value is -1.47. The first-order valence-electron chi connectivity index (χ1n) is 5.40. The Bertz CT molecular complexity index is 558. The maximum atomic E-state index is 11.7. The van der Waals surface area contributed by atoms with Gasteiger partial charge in [0.1, 0.15) is 5.75 Å². The second kappa shape index (κ2) is 6.63. The number of benzene rings is 1. The topological polar surface area (TPSA) is 92.7 Å². The molecule has 0 aliphatic heterocycles. The first-order chi connectivity index (χ1) is 8.84. The van der Waals surface area contributed by atoms with E-state index in [1.54, 1.807) is 0 Å². The third-order valence-electron chi connectivity index (χ3n) is 2.24. The standard InChI is InChI=1S/C11H14ClNO5S/c1-18-11(15)3-2-6-19(16,17)13-10-5-4-8(14)7-9(10)12/h4-5,7,13-14H,2-3,6H2,1H3. The molecule has 0 aromatic heterocycles. The van der Waals surface area contributed by atoms with Crippen LogP contribution in [-0.4, -0.2) is 32.4 Å². The molecule has 0 spiro atoms. The van der Waals surface area contributed by atoms with Gasteiger partial charge in [0.2, 0.25) is 10.0 Å². The Morgan fingerprint density at radius 2 is 2.16 bits per heavy atom. The average molecular weight is 308 g/mol. The van der Waals surface area contributed by atoms with Crippen molar-refractivity contribution in [2.45, 2.75) is 12.8 Å². The zero-order valence-corrected chi connectivity index (χ0v) is 11.8. The number of nitrogens with one attached hydrogen (secondary N) is 1. The van der Waals surface area contributed by atoms with Gasteiger partial charge in [0.05, 0.1) is 23.6 Å². The lowest BCUT2D eigenvalue weighted by atomic mass is 10.3. The summed E-state index contributed by atoms with van der Waals surface area (Å²) in [5, 5.41) is 9.25. The van der Waals surface area contributed by atoms with Gasteiger partial charge in [-0.05, 0) is 18.6 Å². The summed E-state index contributed by atoms with van der Waals surface area (Å²) in [5.41, 5.74) is 0.178. The number of phenolic OH excluding ortho intramolecular Hbond substituents is 1. The largest absolute Gasteiger partial charge is 0.508 e. The van der Waals surface area contributed by atoms with Crippen LogP contribution in [-0.2, 0) is 19.6 Å². The number of phenols is 1. The average Bonchev–Trinajstić information content (AvgIpc) is 2.32. The predicted octanol–water partition coefficient (Wildman–Crippen LogP) is 1.74. The van der Waals surface area contributed by atoms with Crippen LogP contribution < -0.4 is 4.72 Å². The summed E-state index contributed by atoms with van der Waals surface area (Å²) < 4.78 is 30.1. The molecule has 0 radical (unpaired) electrons. The number of halogens is 1. The van der Waals surface area contributed by atoms with Crippen LogP contribution in [0.1, 0.15) is 12.8 Å². The van der Waals surface area contributed by atoms with Crippen molar-refractivity contribution in [2.75, 3.05) is 17.6 Å². The molecule has 0 aliphatic carbocycles. The molecule has 0 heterocycles. The normalized spacial score (nSPS) is 11.1. The number of sulfonamides is 1. The lowest BCUT2D eigenvalue weighted by molar-refractivity contribution is -0.140. The van der Waals surface area contributed by atoms with Gasteiger partial charge in [0.25, 0.3) is 0 Å². The summed E-state index contributed by atoms with van der Waals surface area (Å²) in [4.78, 5) is 10.9. The fraction of sp³-hybridized carbons (Fsp3) is 0.364. The second-order valence-electron chi connectivity index (χ2n) is 3.76. The minimum Gasteiger partial charge on any atom is -0.508 e. The molecule has 0 saturated heterocycles. The van der Waals surface area contributed by atoms with E-state index in [4.69, 9.17) is 16.7 Å². The fourth-order valence-corrected chi connectivity index (χ4v) is 2.73. The molecule has 0 amide bonds. The van der Waals surface area contributed by atoms with Gasteiger partial charge >= 0.3 is 5.97 Å². The van der Waals surface area contributed by atoms with Crippen LogP contribution in [0.3, 0.4) is 0 Å². The quantitative estimate of drug-likeness (QED) is 0.617. The van der Waals surface area contributed by atoms with Crippen LogP contribution in [0.5, 0.6) is 5.75 Å². The zero-order valence-electron chi connectivity index (χ0n) is 10.2. The van der Waals surface area contributed by atoms with E-state index < -0.39 is 16.0 Å². The van der Waals surface area contributed by atoms with Crippen LogP contribution in [0.25, 0.3) is 0 Å². The number of esters is 1. The molecule has 0 aliphatic rings. The number of carbonyl (C=O) groups excluding carboxylic acids is 1. The number of anilines is 1. The van der Waals surface area contributed by atoms with Gasteiger partial charge in [-0.15, -0.1) is 0 Å². The van der Waals surface area contributed by atoms with Gasteiger partial charge in [0, 0.05) is 12.5 Å². The van der Waals surface area contributed by atoms with E-state index in [9.17, 15) is 13.2 Å². The summed E-state index contributed by atoms with van der Waals surface area (Å²) in [6.45, 7) is 0. The van der Waals surface area contributed by atoms with Crippen LogP contribution in [0.2, 0.25) is 5.02 Å². The van der Waals surface area contributed by atoms with Gasteiger partial charge in [-0.3, -0.25) is 9.52 Å². The van der Waals surface area contributed by atoms with E-state index >= 15 is 0 Å². The number of carbonyl (C=O) groups is 1. The number of methoxy groups -OCH3 is 1. The molecule has 0 atom stereocenters. The Balaban J connectivity index is 2.61. The maximum absolute atomic E-state index is 11.7. The van der Waals surface area contributed by atoms with E-state index in [-0.39, 0.29) is 35.1 Å². The van der Waals surface area contributed by atoms with Crippen LogP contribution in [0.4, 0.5) is 5.69 Å². The van der Waals surface area contributed by atoms with Crippen LogP contribution in [0.15, 0.2) is 18.2 Å². The second-order valence-corrected chi connectivity index (χ2v) is 6.01. The molecule has 0 fully saturated rings. The SMILES string of the molecule is COC(=O)CCCS(=O)(=O)Nc1ccc(O)cc1Cl. The highest BCUT2D eigenvalue weighted by Gasteiger charge is 2.13. The Labute approximate surface area is 116 Å². The molecule has 6 nitrogen and oxygen atoms in total. The van der Waals surface area contributed by atoms with E-state index in [2.05, 4.69) is 9.46 Å². The molecule has 1 aromatic rings. The Kier molecular flexibility index (Phi) is 5.44. The number of hydrogen-bond acceptors (Lipinski definition) is 5. The monoisotopic (exact) mass is 307 g/mol. The lowest BCUT2D eigenvalue weighted by Gasteiger charge is -2.09. The maximum Gasteiger partial charge on any atom is 0.305 e. The lowest BCUT2D eigenvalue weighted by Crippen LogP contribution is -2.17. The van der Waals surface area contributed by atoms with Crippen molar-refractivity contribution in [1.82, 2.24) is 0 Å². The summed E-state index contributed by atoms with van der Waals surface area (Å²) in [6, 6.07) is 3.90. The molecule has 2 N–H and O–H groups in total. The minimum absolute atomic E-state index is 0.0285. The molecular weight excluding hydrogens is 294 g/mol. The van der Waals surface area contributed by atoms with Gasteiger partial charge in [0.15, 0.2) is 0 Å². The van der Waals surface area contributed by atoms with Crippen molar-refractivity contribution in [3.63, 3.8) is 0 Å². The zero-order chi connectivity index (χ0) is 14.5. The number of rotatable bonds is 6. The molecule has 0 unspecified atom stereocenters. The van der Waals surface area contributed by atoms with E-state index in [0.717, 1.165) is 0 Å². The highest BCUT2D eigenvalue weighted by atomic mass is 35.5. The first-order valence-corrected chi connectivity index (χ1v) is 7.43. The van der Waals surface area contributed by atoms with Crippen molar-refractivity contribution in [3.8, 4) is 5.75 Å². The van der Waals surface area contributed by atoms with Crippen molar-refractivity contribution in [1.29, 1.82) is 0 Å². The molecular formula is C11H14ClNO5S. The summed E-state index contributed by atoms with van der Waals surface area (Å²) >= 11 is 5.78. The van der Waals surface area contributed by atoms with Crippen LogP contribution in [0, 0.1) is 0 Å². The summed E-state index contributed by atoms with van der Waals surface area (Å²) in [6.07, 6.45) is 0.179. The van der Waals surface area contributed by atoms with Gasteiger partial charge < -0.3 is 9.84 Å². The fourth-order valence-electron chi connectivity index (χ4n) is 1.31. The molecule has 106 valence electrons. The van der Waals surface area contributed by atoms with Crippen molar-refractivity contribution in [2.24, 2.45) is 0 Å². The molecule has 8 heteroatoms. The minimum atomic E-state index is -3.60. The Morgan fingerprint density at radius 3 is 2.74 bits per heavy atom. The van der Waals surface area contributed by atoms with Gasteiger partial charge in [-0.1, -0.05) is 11.6 Å². The highest BCUT2D eigenvalue weighted by Crippen LogP contribution is 2.26. The van der Waals surface area contributed by atoms with Crippen molar-refractivity contribution < 1.29 is 23.1 Å². The van der Waals surface area contributed by atoms with E-state index in [1.807, 2.05) is 0 Å². The first kappa shape index (κ1) is 15.6. The molecule has 0 saturated carbocycles. The molecule has 1 rings (SSSR count). The van der Waals surface area contributed by atoms with Crippen LogP contribution >= 0.6 is 11.6 Å². The number of ether oxygens (including phenoxy) is 1. The molecule has 19 heavy (non-hydrogen) atoms. The van der Waals surface area contributed by atoms with Gasteiger partial charge in [-0.25, -0.2) is 8.42 Å². The van der Waals surface area contributed by atoms with E-state index in [1.165, 1.54) is 25.3 Å². The van der Waals surface area contributed by atoms with Crippen molar-refractivity contribution in [3.05, 3.63) is 23.2 Å². The third-order valence-corrected chi connectivity index (χ3v) is 3.91. The Morgan fingerprint density at radius 1 is 1.47 bits per heavy atom. The van der Waals surface area contributed by atoms with E-state index in [0.29, 0.717) is 0 Å². The smallest absolute Gasteiger partial charge is 0.305 e. The summed E-state index contributed by atoms with van der Waals surface area (Å²) in [7, 11) is -2.36. The highest BCUT2D eigenvalue weighted by molar-refractivity contribution is 7.92. The van der Waals surface area contributed by atoms with Crippen molar-refractivity contribution >= 4 is 33.3 Å². The molecule has 1 aromatic carbocycles. The number of aromatic hydroxyl groups is 1. The third kappa shape index (κ3) is 5.35. The van der Waals surface area contributed by atoms with Gasteiger partial charge in [-0.2, -0.15) is 0 Å². The summed E-state index contributed by atoms with van der Waals surface area (Å²) in [5.74, 6) is -0.740. The predicted molar refractivity (Wildman–Crippen MR) is 71.8 cm³/mol.